The van der Waals surface area contributed by atoms with Crippen molar-refractivity contribution in [3.05, 3.63) is 59.2 Å². The first kappa shape index (κ1) is 31.4. The molecule has 2 nitrogen and oxygen atoms in total. The van der Waals surface area contributed by atoms with Crippen LogP contribution in [-0.4, -0.2) is 13.2 Å². The van der Waals surface area contributed by atoms with Crippen molar-refractivity contribution < 1.29 is 9.47 Å². The molecule has 0 fully saturated rings. The monoisotopic (exact) mass is 514 g/mol. The van der Waals surface area contributed by atoms with Gasteiger partial charge in [-0.3, -0.25) is 0 Å². The van der Waals surface area contributed by atoms with Gasteiger partial charge >= 0.3 is 0 Å². The molecule has 0 aliphatic carbocycles. The largest absolute Gasteiger partial charge is 0.492 e. The summed E-state index contributed by atoms with van der Waals surface area (Å²) < 4.78 is 12.5. The molecular formula is C36H50O2. The number of ether oxygens (including phenoxy) is 2. The van der Waals surface area contributed by atoms with E-state index in [2.05, 4.69) is 59.3 Å². The number of terminal acetylenes is 1. The quantitative estimate of drug-likeness (QED) is 0.208. The van der Waals surface area contributed by atoms with Gasteiger partial charge in [0.15, 0.2) is 0 Å². The van der Waals surface area contributed by atoms with Gasteiger partial charge in [0.2, 0.25) is 0 Å². The summed E-state index contributed by atoms with van der Waals surface area (Å²) in [5, 5.41) is 0. The molecule has 0 heterocycles. The highest BCUT2D eigenvalue weighted by molar-refractivity contribution is 5.59. The van der Waals surface area contributed by atoms with Gasteiger partial charge in [0.25, 0.3) is 0 Å². The van der Waals surface area contributed by atoms with Gasteiger partial charge in [-0.25, -0.2) is 0 Å². The molecule has 0 spiro atoms. The Hall–Kier alpha value is -2.84. The van der Waals surface area contributed by atoms with Gasteiger partial charge in [0.1, 0.15) is 11.5 Å². The molecule has 2 heteroatoms. The summed E-state index contributed by atoms with van der Waals surface area (Å²) in [6.07, 6.45) is 15.5. The van der Waals surface area contributed by atoms with Gasteiger partial charge in [-0.2, -0.15) is 0 Å². The molecule has 0 bridgehead atoms. The number of benzene rings is 2. The summed E-state index contributed by atoms with van der Waals surface area (Å²) in [4.78, 5) is 0. The highest BCUT2D eigenvalue weighted by Crippen LogP contribution is 2.29. The van der Waals surface area contributed by atoms with E-state index in [9.17, 15) is 0 Å². The van der Waals surface area contributed by atoms with Crippen molar-refractivity contribution in [1.82, 2.24) is 0 Å². The Kier molecular flexibility index (Phi) is 14.6. The van der Waals surface area contributed by atoms with E-state index in [1.165, 1.54) is 38.5 Å². The van der Waals surface area contributed by atoms with Crippen molar-refractivity contribution in [2.24, 2.45) is 23.7 Å². The van der Waals surface area contributed by atoms with E-state index in [4.69, 9.17) is 15.9 Å². The normalized spacial score (nSPS) is 12.5. The predicted molar refractivity (Wildman–Crippen MR) is 163 cm³/mol. The predicted octanol–water partition coefficient (Wildman–Crippen LogP) is 9.53. The lowest BCUT2D eigenvalue weighted by Crippen LogP contribution is -2.08. The molecule has 2 rings (SSSR count). The van der Waals surface area contributed by atoms with Gasteiger partial charge in [-0.05, 0) is 48.6 Å². The molecule has 2 unspecified atom stereocenters. The minimum Gasteiger partial charge on any atom is -0.492 e. The molecule has 2 aromatic carbocycles. The summed E-state index contributed by atoms with van der Waals surface area (Å²) in [5.74, 6) is 13.6. The average molecular weight is 515 g/mol. The van der Waals surface area contributed by atoms with Crippen molar-refractivity contribution in [3.63, 3.8) is 0 Å². The van der Waals surface area contributed by atoms with Gasteiger partial charge < -0.3 is 9.47 Å². The zero-order valence-electron chi connectivity index (χ0n) is 24.8. The fraction of sp³-hybridized carbons (Fsp3) is 0.556. The third-order valence-electron chi connectivity index (χ3n) is 7.05. The minimum absolute atomic E-state index is 0.629. The fourth-order valence-corrected chi connectivity index (χ4v) is 4.45. The molecule has 0 N–H and O–H groups in total. The zero-order chi connectivity index (χ0) is 27.8. The maximum atomic E-state index is 6.27. The average Bonchev–Trinajstić information content (AvgIpc) is 2.88. The molecule has 0 aromatic heterocycles. The van der Waals surface area contributed by atoms with E-state index >= 15 is 0 Å². The SMILES string of the molecule is C#Cc1cc(OCCC(C)CCCC(C)C)c(C#Cc2ccccc2)cc1OCCC(C)CCCC(C)C. The lowest BCUT2D eigenvalue weighted by atomic mass is 9.97. The van der Waals surface area contributed by atoms with Crippen LogP contribution < -0.4 is 9.47 Å². The van der Waals surface area contributed by atoms with E-state index in [-0.39, 0.29) is 0 Å². The molecule has 38 heavy (non-hydrogen) atoms. The second-order valence-corrected chi connectivity index (χ2v) is 11.7. The van der Waals surface area contributed by atoms with Crippen LogP contribution >= 0.6 is 0 Å². The highest BCUT2D eigenvalue weighted by Gasteiger charge is 2.12. The molecule has 2 aromatic rings. The van der Waals surface area contributed by atoms with Crippen LogP contribution in [0.1, 0.15) is 110 Å². The first-order valence-electron chi connectivity index (χ1n) is 14.8. The Labute approximate surface area is 233 Å². The van der Waals surface area contributed by atoms with Crippen molar-refractivity contribution in [2.45, 2.75) is 92.9 Å². The van der Waals surface area contributed by atoms with Crippen molar-refractivity contribution >= 4 is 0 Å². The maximum Gasteiger partial charge on any atom is 0.136 e. The second-order valence-electron chi connectivity index (χ2n) is 11.7. The number of rotatable bonds is 16. The molecule has 0 aliphatic heterocycles. The standard InChI is InChI=1S/C36H50O2/c1-8-33-26-36(38-25-23-31(7)17-13-15-29(4)5)34(21-20-32-18-10-9-11-19-32)27-35(33)37-24-22-30(6)16-12-14-28(2)3/h1,9-11,18-19,26-31H,12-17,22-25H2,2-7H3. The van der Waals surface area contributed by atoms with Crippen LogP contribution in [0.3, 0.4) is 0 Å². The Morgan fingerprint density at radius 3 is 1.63 bits per heavy atom. The fourth-order valence-electron chi connectivity index (χ4n) is 4.45. The Bertz CT molecular complexity index is 1030. The van der Waals surface area contributed by atoms with Crippen molar-refractivity contribution in [1.29, 1.82) is 0 Å². The van der Waals surface area contributed by atoms with E-state index in [0.29, 0.717) is 30.8 Å². The lowest BCUT2D eigenvalue weighted by Gasteiger charge is -2.17. The summed E-state index contributed by atoms with van der Waals surface area (Å²) in [5.41, 5.74) is 2.51. The summed E-state index contributed by atoms with van der Waals surface area (Å²) in [6, 6.07) is 13.9. The van der Waals surface area contributed by atoms with Crippen molar-refractivity contribution in [2.75, 3.05) is 13.2 Å². The van der Waals surface area contributed by atoms with Crippen molar-refractivity contribution in [3.8, 4) is 35.7 Å². The van der Waals surface area contributed by atoms with Crippen LogP contribution in [0.2, 0.25) is 0 Å². The molecule has 0 saturated carbocycles. The van der Waals surface area contributed by atoms with Gasteiger partial charge in [-0.1, -0.05) is 116 Å². The van der Waals surface area contributed by atoms with Crippen LogP contribution in [0, 0.1) is 47.9 Å². The number of hydrogen-bond donors (Lipinski definition) is 0. The van der Waals surface area contributed by atoms with Crippen LogP contribution in [0.4, 0.5) is 0 Å². The Morgan fingerprint density at radius 2 is 1.13 bits per heavy atom. The molecule has 0 aliphatic rings. The maximum absolute atomic E-state index is 6.27. The lowest BCUT2D eigenvalue weighted by molar-refractivity contribution is 0.268. The third kappa shape index (κ3) is 12.6. The van der Waals surface area contributed by atoms with E-state index in [1.54, 1.807) is 0 Å². The summed E-state index contributed by atoms with van der Waals surface area (Å²) in [7, 11) is 0. The zero-order valence-corrected chi connectivity index (χ0v) is 24.8. The topological polar surface area (TPSA) is 18.5 Å². The molecule has 2 atom stereocenters. The van der Waals surface area contributed by atoms with Crippen LogP contribution in [0.15, 0.2) is 42.5 Å². The van der Waals surface area contributed by atoms with E-state index in [0.717, 1.165) is 47.1 Å². The first-order valence-corrected chi connectivity index (χ1v) is 14.8. The Balaban J connectivity index is 2.10. The van der Waals surface area contributed by atoms with Gasteiger partial charge in [0.05, 0.1) is 24.3 Å². The first-order chi connectivity index (χ1) is 18.3. The third-order valence-corrected chi connectivity index (χ3v) is 7.05. The molecule has 206 valence electrons. The second kappa shape index (κ2) is 17.6. The van der Waals surface area contributed by atoms with E-state index < -0.39 is 0 Å². The van der Waals surface area contributed by atoms with Gasteiger partial charge in [0, 0.05) is 17.7 Å². The highest BCUT2D eigenvalue weighted by atomic mass is 16.5. The molecule has 0 radical (unpaired) electrons. The Morgan fingerprint density at radius 1 is 0.632 bits per heavy atom. The van der Waals surface area contributed by atoms with Gasteiger partial charge in [-0.15, -0.1) is 6.42 Å². The minimum atomic E-state index is 0.629. The van der Waals surface area contributed by atoms with Crippen LogP contribution in [-0.2, 0) is 0 Å². The van der Waals surface area contributed by atoms with Crippen LogP contribution in [0.25, 0.3) is 0 Å². The van der Waals surface area contributed by atoms with E-state index in [1.807, 2.05) is 42.5 Å². The smallest absolute Gasteiger partial charge is 0.136 e. The summed E-state index contributed by atoms with van der Waals surface area (Å²) >= 11 is 0. The molecule has 0 amide bonds. The van der Waals surface area contributed by atoms with Crippen LogP contribution in [0.5, 0.6) is 11.5 Å². The molecular weight excluding hydrogens is 464 g/mol. The number of hydrogen-bond acceptors (Lipinski definition) is 2. The molecule has 0 saturated heterocycles. The summed E-state index contributed by atoms with van der Waals surface area (Å²) in [6.45, 7) is 15.1.